The number of carbonyl (C=O) groups excluding carboxylic acids is 2. The van der Waals surface area contributed by atoms with Crippen molar-refractivity contribution in [3.8, 4) is 0 Å². The molecule has 4 rings (SSSR count). The van der Waals surface area contributed by atoms with Gasteiger partial charge in [-0.25, -0.2) is 0 Å². The largest absolute Gasteiger partial charge is 0.481 e. The summed E-state index contributed by atoms with van der Waals surface area (Å²) in [6, 6.07) is 0. The number of ketones is 1. The molecule has 0 aromatic heterocycles. The van der Waals surface area contributed by atoms with Gasteiger partial charge in [-0.3, -0.25) is 14.4 Å². The highest BCUT2D eigenvalue weighted by atomic mass is 16.5. The summed E-state index contributed by atoms with van der Waals surface area (Å²) in [5.41, 5.74) is 1.44. The molecule has 3 fully saturated rings. The first kappa shape index (κ1) is 27.4. The van der Waals surface area contributed by atoms with Crippen LogP contribution in [0.2, 0.25) is 0 Å². The summed E-state index contributed by atoms with van der Waals surface area (Å²) in [5, 5.41) is 8.83. The van der Waals surface area contributed by atoms with E-state index in [1.807, 2.05) is 6.08 Å². The van der Waals surface area contributed by atoms with E-state index in [0.29, 0.717) is 24.0 Å². The standard InChI is InChI=1S/C31H48O5/c1-19(2)7-6-8-20(3)23-9-10-24-29-25(14-16-31(23,24)5)30(4)15-13-22(17-21(30)18-26(29)32)36-28(35)12-11-27(33)34/h18-20,22-25,29H,6-17H2,1-5H3,(H,33,34)/t20-,22?,23-,24?,25?,29?,30+,31-/m1/s1. The molecule has 5 heteroatoms. The monoisotopic (exact) mass is 500 g/mol. The second kappa shape index (κ2) is 10.6. The first-order valence-electron chi connectivity index (χ1n) is 14.6. The van der Waals surface area contributed by atoms with Crippen LogP contribution in [0, 0.1) is 46.3 Å². The van der Waals surface area contributed by atoms with Crippen molar-refractivity contribution in [2.45, 2.75) is 118 Å². The lowest BCUT2D eigenvalue weighted by Gasteiger charge is -2.57. The highest BCUT2D eigenvalue weighted by molar-refractivity contribution is 5.94. The van der Waals surface area contributed by atoms with E-state index in [9.17, 15) is 14.4 Å². The summed E-state index contributed by atoms with van der Waals surface area (Å²) in [7, 11) is 0. The van der Waals surface area contributed by atoms with E-state index in [4.69, 9.17) is 9.84 Å². The number of hydrogen-bond donors (Lipinski definition) is 1. The van der Waals surface area contributed by atoms with Crippen molar-refractivity contribution in [2.75, 3.05) is 0 Å². The van der Waals surface area contributed by atoms with E-state index in [-0.39, 0.29) is 35.7 Å². The summed E-state index contributed by atoms with van der Waals surface area (Å²) >= 11 is 0. The molecule has 0 heterocycles. The Morgan fingerprint density at radius 3 is 2.47 bits per heavy atom. The maximum atomic E-state index is 13.7. The SMILES string of the molecule is CC(C)CCC[C@@H](C)[C@H]1CCC2C3C(=O)C=C4CC(OC(=O)CCC(=O)O)CC[C@]4(C)C3CC[C@@]21C. The van der Waals surface area contributed by atoms with Gasteiger partial charge >= 0.3 is 11.9 Å². The first-order chi connectivity index (χ1) is 17.0. The van der Waals surface area contributed by atoms with Gasteiger partial charge in [0.05, 0.1) is 12.8 Å². The Morgan fingerprint density at radius 1 is 1.03 bits per heavy atom. The molecule has 0 saturated heterocycles. The van der Waals surface area contributed by atoms with E-state index in [0.717, 1.165) is 42.6 Å². The Morgan fingerprint density at radius 2 is 1.78 bits per heavy atom. The van der Waals surface area contributed by atoms with Crippen LogP contribution < -0.4 is 0 Å². The molecule has 4 aliphatic carbocycles. The third kappa shape index (κ3) is 5.18. The van der Waals surface area contributed by atoms with Crippen molar-refractivity contribution in [3.05, 3.63) is 11.6 Å². The molecule has 5 nitrogen and oxygen atoms in total. The Balaban J connectivity index is 1.45. The van der Waals surface area contributed by atoms with Crippen molar-refractivity contribution in [1.29, 1.82) is 0 Å². The lowest BCUT2D eigenvalue weighted by molar-refractivity contribution is -0.154. The van der Waals surface area contributed by atoms with Crippen LogP contribution in [0.3, 0.4) is 0 Å². The van der Waals surface area contributed by atoms with Crippen molar-refractivity contribution < 1.29 is 24.2 Å². The van der Waals surface area contributed by atoms with E-state index in [1.54, 1.807) is 0 Å². The van der Waals surface area contributed by atoms with Crippen molar-refractivity contribution in [1.82, 2.24) is 0 Å². The fourth-order valence-electron chi connectivity index (χ4n) is 8.95. The molecule has 3 saturated carbocycles. The number of ether oxygens (including phenoxy) is 1. The normalized spacial score (nSPS) is 38.6. The van der Waals surface area contributed by atoms with Crippen molar-refractivity contribution >= 4 is 17.7 Å². The second-order valence-corrected chi connectivity index (χ2v) is 13.5. The molecule has 0 spiro atoms. The fraction of sp³-hybridized carbons (Fsp3) is 0.839. The second-order valence-electron chi connectivity index (χ2n) is 13.5. The zero-order valence-corrected chi connectivity index (χ0v) is 23.2. The maximum Gasteiger partial charge on any atom is 0.306 e. The van der Waals surface area contributed by atoms with E-state index in [2.05, 4.69) is 34.6 Å². The summed E-state index contributed by atoms with van der Waals surface area (Å²) in [6.45, 7) is 12.0. The molecule has 36 heavy (non-hydrogen) atoms. The van der Waals surface area contributed by atoms with E-state index in [1.165, 1.54) is 38.5 Å². The van der Waals surface area contributed by atoms with Crippen LogP contribution >= 0.6 is 0 Å². The Kier molecular flexibility index (Phi) is 8.07. The van der Waals surface area contributed by atoms with Crippen molar-refractivity contribution in [3.63, 3.8) is 0 Å². The van der Waals surface area contributed by atoms with Gasteiger partial charge in [0.25, 0.3) is 0 Å². The molecule has 0 amide bonds. The molecule has 0 aromatic rings. The van der Waals surface area contributed by atoms with Crippen LogP contribution in [0.1, 0.15) is 112 Å². The van der Waals surface area contributed by atoms with Crippen LogP contribution in [-0.2, 0) is 19.1 Å². The van der Waals surface area contributed by atoms with Gasteiger partial charge in [-0.2, -0.15) is 0 Å². The van der Waals surface area contributed by atoms with Gasteiger partial charge in [-0.1, -0.05) is 59.5 Å². The summed E-state index contributed by atoms with van der Waals surface area (Å²) in [4.78, 5) is 36.6. The minimum absolute atomic E-state index is 0.00481. The van der Waals surface area contributed by atoms with E-state index < -0.39 is 11.9 Å². The number of carboxylic acid groups (broad SMARTS) is 1. The molecule has 0 radical (unpaired) electrons. The maximum absolute atomic E-state index is 13.7. The third-order valence-electron chi connectivity index (χ3n) is 10.9. The first-order valence-corrected chi connectivity index (χ1v) is 14.6. The average molecular weight is 501 g/mol. The minimum atomic E-state index is -0.988. The molecular weight excluding hydrogens is 452 g/mol. The number of carboxylic acids is 1. The van der Waals surface area contributed by atoms with Gasteiger partial charge in [0.2, 0.25) is 0 Å². The summed E-state index contributed by atoms with van der Waals surface area (Å²) in [6.07, 6.45) is 12.5. The number of esters is 1. The lowest BCUT2D eigenvalue weighted by Crippen LogP contribution is -2.53. The Bertz CT molecular complexity index is 889. The number of carbonyl (C=O) groups is 3. The quantitative estimate of drug-likeness (QED) is 0.345. The van der Waals surface area contributed by atoms with Gasteiger partial charge in [0.1, 0.15) is 6.10 Å². The molecule has 0 bridgehead atoms. The Labute approximate surface area is 217 Å². The fourth-order valence-corrected chi connectivity index (χ4v) is 8.95. The lowest BCUT2D eigenvalue weighted by atomic mass is 9.46. The van der Waals surface area contributed by atoms with Crippen LogP contribution in [0.25, 0.3) is 0 Å². The number of hydrogen-bond acceptors (Lipinski definition) is 4. The zero-order chi connectivity index (χ0) is 26.3. The van der Waals surface area contributed by atoms with Crippen LogP contribution in [0.4, 0.5) is 0 Å². The number of fused-ring (bicyclic) bond motifs is 5. The van der Waals surface area contributed by atoms with Gasteiger partial charge in [0.15, 0.2) is 5.78 Å². The molecule has 0 aromatic carbocycles. The molecule has 4 aliphatic rings. The topological polar surface area (TPSA) is 80.7 Å². The van der Waals surface area contributed by atoms with Crippen LogP contribution in [0.5, 0.6) is 0 Å². The predicted molar refractivity (Wildman–Crippen MR) is 140 cm³/mol. The summed E-state index contributed by atoms with van der Waals surface area (Å²) < 4.78 is 5.63. The molecule has 8 atom stereocenters. The van der Waals surface area contributed by atoms with Gasteiger partial charge < -0.3 is 9.84 Å². The number of allylic oxidation sites excluding steroid dienone is 1. The van der Waals surface area contributed by atoms with Crippen LogP contribution in [-0.4, -0.2) is 28.9 Å². The molecular formula is C31H48O5. The number of aliphatic carboxylic acids is 1. The zero-order valence-electron chi connectivity index (χ0n) is 23.2. The van der Waals surface area contributed by atoms with Gasteiger partial charge in [-0.15, -0.1) is 0 Å². The molecule has 202 valence electrons. The predicted octanol–water partition coefficient (Wildman–Crippen LogP) is 6.98. The van der Waals surface area contributed by atoms with E-state index >= 15 is 0 Å². The summed E-state index contributed by atoms with van der Waals surface area (Å²) in [5.74, 6) is 2.12. The molecule has 0 aliphatic heterocycles. The highest BCUT2D eigenvalue weighted by Gasteiger charge is 2.61. The smallest absolute Gasteiger partial charge is 0.306 e. The van der Waals surface area contributed by atoms with Crippen LogP contribution in [0.15, 0.2) is 11.6 Å². The third-order valence-corrected chi connectivity index (χ3v) is 10.9. The minimum Gasteiger partial charge on any atom is -0.481 e. The molecule has 1 N–H and O–H groups in total. The highest BCUT2D eigenvalue weighted by Crippen LogP contribution is 2.66. The van der Waals surface area contributed by atoms with Gasteiger partial charge in [-0.05, 0) is 85.0 Å². The average Bonchev–Trinajstić information content (AvgIpc) is 3.15. The molecule has 4 unspecified atom stereocenters. The van der Waals surface area contributed by atoms with Gasteiger partial charge in [0, 0.05) is 12.3 Å². The van der Waals surface area contributed by atoms with Crippen molar-refractivity contribution in [2.24, 2.45) is 46.3 Å². The Hall–Kier alpha value is -1.65. The number of rotatable bonds is 9.